The number of allylic oxidation sites excluding steroid dienone is 6. The van der Waals surface area contributed by atoms with Gasteiger partial charge in [-0.15, -0.1) is 0 Å². The molecule has 0 aliphatic carbocycles. The average molecular weight is 1310 g/mol. The van der Waals surface area contributed by atoms with Crippen LogP contribution >= 0.6 is 0 Å². The lowest BCUT2D eigenvalue weighted by atomic mass is 10.1. The van der Waals surface area contributed by atoms with Crippen molar-refractivity contribution < 1.29 is 106 Å². The lowest BCUT2D eigenvalue weighted by Gasteiger charge is -1.99. The van der Waals surface area contributed by atoms with Crippen molar-refractivity contribution in [3.05, 3.63) is 36.5 Å². The summed E-state index contributed by atoms with van der Waals surface area (Å²) in [5.74, 6) is -1.99. The van der Waals surface area contributed by atoms with Gasteiger partial charge in [-0.1, -0.05) is 211 Å². The molecule has 21 heteroatoms. The smallest absolute Gasteiger partial charge is 0.303 e. The van der Waals surface area contributed by atoms with Gasteiger partial charge >= 0.3 is 17.9 Å². The van der Waals surface area contributed by atoms with Crippen LogP contribution in [0, 0.1) is 0 Å². The second kappa shape index (κ2) is 99.6. The zero-order chi connectivity index (χ0) is 69.6. The van der Waals surface area contributed by atoms with E-state index in [0.717, 1.165) is 38.5 Å². The van der Waals surface area contributed by atoms with E-state index in [-0.39, 0.29) is 66.1 Å². The third-order valence-electron chi connectivity index (χ3n) is 13.1. The summed E-state index contributed by atoms with van der Waals surface area (Å²) in [6.45, 7) is 3.13. The molecule has 0 aromatic carbocycles. The van der Waals surface area contributed by atoms with E-state index >= 15 is 0 Å². The lowest BCUT2D eigenvalue weighted by Crippen LogP contribution is -2.15. The van der Waals surface area contributed by atoms with Gasteiger partial charge in [-0.2, -0.15) is 0 Å². The van der Waals surface area contributed by atoms with Crippen molar-refractivity contribution in [3.8, 4) is 0 Å². The van der Waals surface area contributed by atoms with Crippen molar-refractivity contribution in [2.75, 3.05) is 66.1 Å². The number of carboxylic acid groups (broad SMARTS) is 3. The second-order valence-electron chi connectivity index (χ2n) is 22.3. The van der Waals surface area contributed by atoms with Gasteiger partial charge in [0.05, 0.1) is 66.1 Å². The fourth-order valence-electron chi connectivity index (χ4n) is 7.33. The fraction of sp³-hybridized carbons (Fsp3) is 0.870. The van der Waals surface area contributed by atoms with Gasteiger partial charge < -0.3 is 91.9 Å². The minimum Gasteiger partial charge on any atom is -0.481 e. The Morgan fingerprint density at radius 2 is 0.344 bits per heavy atom. The molecule has 0 aliphatic rings. The topological polar surface area (TPSA) is 415 Å². The molecule has 544 valence electrons. The lowest BCUT2D eigenvalue weighted by molar-refractivity contribution is -0.138. The summed E-state index contributed by atoms with van der Waals surface area (Å²) in [5.41, 5.74) is 0. The normalized spacial score (nSPS) is 10.8. The molecule has 0 heterocycles. The maximum Gasteiger partial charge on any atom is 0.303 e. The SMILES string of the molecule is CCCCCCCC/C=C\CCCCCCCC(=O)O.CCCCCCCC/C=C\CCCCCCCC(=O)O.CCCCCCCC/C=C\CCCCCCCC(=O)O.OCC(O)CO.OCC(O)CO.OCC(O)CO.OCC(O)CO.OCC(O)CO. The number of carbonyl (C=O) groups is 3. The molecule has 0 unspecified atom stereocenters. The quantitative estimate of drug-likeness (QED) is 0.0199. The van der Waals surface area contributed by atoms with E-state index in [1.54, 1.807) is 0 Å². The first-order valence-electron chi connectivity index (χ1n) is 34.5. The van der Waals surface area contributed by atoms with Crippen LogP contribution in [-0.2, 0) is 14.4 Å². The highest BCUT2D eigenvalue weighted by Crippen LogP contribution is 2.13. The second-order valence-corrected chi connectivity index (χ2v) is 22.3. The molecule has 0 aromatic heterocycles. The van der Waals surface area contributed by atoms with Crippen molar-refractivity contribution >= 4 is 17.9 Å². The minimum absolute atomic E-state index is 0.332. The van der Waals surface area contributed by atoms with Crippen LogP contribution in [0.15, 0.2) is 36.5 Å². The predicted molar refractivity (Wildman–Crippen MR) is 362 cm³/mol. The monoisotopic (exact) mass is 1310 g/mol. The molecule has 18 N–H and O–H groups in total. The molecular weight excluding hydrogens is 1160 g/mol. The number of aliphatic carboxylic acids is 3. The first-order chi connectivity index (χ1) is 43.4. The van der Waals surface area contributed by atoms with Crippen LogP contribution in [0.4, 0.5) is 0 Å². The van der Waals surface area contributed by atoms with Crippen molar-refractivity contribution in [2.45, 2.75) is 321 Å². The van der Waals surface area contributed by atoms with Crippen LogP contribution in [0.5, 0.6) is 0 Å². The number of carboxylic acids is 3. The molecule has 0 aromatic rings. The van der Waals surface area contributed by atoms with Crippen LogP contribution in [-0.4, -0.2) is 206 Å². The number of aliphatic hydroxyl groups is 15. The largest absolute Gasteiger partial charge is 0.481 e. The molecule has 0 bridgehead atoms. The van der Waals surface area contributed by atoms with Gasteiger partial charge in [-0.3, -0.25) is 14.4 Å². The molecule has 0 spiro atoms. The zero-order valence-electron chi connectivity index (χ0n) is 56.9. The molecule has 0 radical (unpaired) electrons. The molecule has 0 amide bonds. The highest BCUT2D eigenvalue weighted by molar-refractivity contribution is 5.67. The molecule has 90 heavy (non-hydrogen) atoms. The Kier molecular flexibility index (Phi) is 114. The maximum atomic E-state index is 10.3. The standard InChI is InChI=1S/3C18H34O2.5C3H8O3/c3*1-2-3-4-5-6-7-8-9-10-11-12-13-14-15-16-17-18(19)20;5*4-1-3(6)2-5/h3*9-10H,2-8,11-17H2,1H3,(H,19,20);5*3-6H,1-2H2/b3*10-9-;;;;;. The number of hydrogen-bond acceptors (Lipinski definition) is 18. The predicted octanol–water partition coefficient (Wildman–Crippen LogP) is 9.98. The molecular formula is C69H142O21. The van der Waals surface area contributed by atoms with E-state index in [9.17, 15) is 14.4 Å². The third kappa shape index (κ3) is 130. The number of unbranched alkanes of at least 4 members (excludes halogenated alkanes) is 33. The molecule has 0 atom stereocenters. The van der Waals surface area contributed by atoms with Crippen molar-refractivity contribution in [3.63, 3.8) is 0 Å². The maximum absolute atomic E-state index is 10.3. The molecule has 0 rings (SSSR count). The van der Waals surface area contributed by atoms with E-state index in [2.05, 4.69) is 57.2 Å². The summed E-state index contributed by atoms with van der Waals surface area (Å²) in [6, 6.07) is 0. The Morgan fingerprint density at radius 1 is 0.222 bits per heavy atom. The summed E-state index contributed by atoms with van der Waals surface area (Å²) in [6.07, 6.45) is 59.0. The van der Waals surface area contributed by atoms with Gasteiger partial charge in [0.25, 0.3) is 0 Å². The van der Waals surface area contributed by atoms with Crippen LogP contribution in [0.25, 0.3) is 0 Å². The Balaban J connectivity index is -0.000000152. The Bertz CT molecular complexity index is 1180. The summed E-state index contributed by atoms with van der Waals surface area (Å²) in [4.78, 5) is 31.0. The minimum atomic E-state index is -0.954. The first-order valence-corrected chi connectivity index (χ1v) is 34.5. The Labute approximate surface area is 545 Å². The molecule has 0 saturated carbocycles. The van der Waals surface area contributed by atoms with Crippen LogP contribution < -0.4 is 0 Å². The van der Waals surface area contributed by atoms with E-state index < -0.39 is 48.4 Å². The Morgan fingerprint density at radius 3 is 0.456 bits per heavy atom. The van der Waals surface area contributed by atoms with E-state index in [0.29, 0.717) is 19.3 Å². The van der Waals surface area contributed by atoms with Gasteiger partial charge in [0.15, 0.2) is 0 Å². The van der Waals surface area contributed by atoms with E-state index in [4.69, 9.17) is 91.9 Å². The van der Waals surface area contributed by atoms with Crippen LogP contribution in [0.2, 0.25) is 0 Å². The van der Waals surface area contributed by atoms with Gasteiger partial charge in [-0.05, 0) is 96.3 Å². The van der Waals surface area contributed by atoms with Crippen LogP contribution in [0.1, 0.15) is 290 Å². The average Bonchev–Trinajstić information content (AvgIpc) is 3.55. The van der Waals surface area contributed by atoms with E-state index in [1.165, 1.54) is 212 Å². The summed E-state index contributed by atoms with van der Waals surface area (Å²) in [7, 11) is 0. The Hall–Kier alpha value is -2.97. The highest BCUT2D eigenvalue weighted by Gasteiger charge is 2.01. The summed E-state index contributed by atoms with van der Waals surface area (Å²) in [5, 5.41) is 146. The summed E-state index contributed by atoms with van der Waals surface area (Å²) < 4.78 is 0. The van der Waals surface area contributed by atoms with Crippen molar-refractivity contribution in [2.24, 2.45) is 0 Å². The van der Waals surface area contributed by atoms with Crippen molar-refractivity contribution in [1.29, 1.82) is 0 Å². The first kappa shape index (κ1) is 103. The van der Waals surface area contributed by atoms with Crippen molar-refractivity contribution in [1.82, 2.24) is 0 Å². The number of aliphatic hydroxyl groups excluding tert-OH is 15. The van der Waals surface area contributed by atoms with Gasteiger partial charge in [0.1, 0.15) is 30.5 Å². The number of rotatable bonds is 55. The molecule has 0 saturated heterocycles. The highest BCUT2D eigenvalue weighted by atomic mass is 16.4. The van der Waals surface area contributed by atoms with E-state index in [1.807, 2.05) is 0 Å². The van der Waals surface area contributed by atoms with Crippen LogP contribution in [0.3, 0.4) is 0 Å². The number of hydrogen-bond donors (Lipinski definition) is 18. The fourth-order valence-corrected chi connectivity index (χ4v) is 7.33. The van der Waals surface area contributed by atoms with Gasteiger partial charge in [-0.25, -0.2) is 0 Å². The van der Waals surface area contributed by atoms with Gasteiger partial charge in [0.2, 0.25) is 0 Å². The zero-order valence-corrected chi connectivity index (χ0v) is 56.9. The molecule has 0 fully saturated rings. The molecule has 21 nitrogen and oxygen atoms in total. The van der Waals surface area contributed by atoms with Gasteiger partial charge in [0, 0.05) is 19.3 Å². The third-order valence-corrected chi connectivity index (χ3v) is 13.1. The summed E-state index contributed by atoms with van der Waals surface area (Å²) >= 11 is 0. The molecule has 0 aliphatic heterocycles.